The zero-order valence-electron chi connectivity index (χ0n) is 9.68. The fourth-order valence-electron chi connectivity index (χ4n) is 2.11. The standard InChI is InChI=1S/C13H15Br2FO/c1-17-13-7-12(16)11(15)6-9(13)10(14)5-8-3-2-4-8/h6-8,10H,2-5H2,1H3. The maximum Gasteiger partial charge on any atom is 0.141 e. The third kappa shape index (κ3) is 3.02. The lowest BCUT2D eigenvalue weighted by Gasteiger charge is -2.28. The van der Waals surface area contributed by atoms with Gasteiger partial charge in [0.25, 0.3) is 0 Å². The number of methoxy groups -OCH3 is 1. The first-order valence-corrected chi connectivity index (χ1v) is 7.49. The molecule has 1 aromatic carbocycles. The van der Waals surface area contributed by atoms with Crippen molar-refractivity contribution in [3.05, 3.63) is 28.0 Å². The molecule has 1 nitrogen and oxygen atoms in total. The summed E-state index contributed by atoms with van der Waals surface area (Å²) in [6.45, 7) is 0. The Morgan fingerprint density at radius 1 is 1.47 bits per heavy atom. The predicted octanol–water partition coefficient (Wildman–Crippen LogP) is 5.22. The topological polar surface area (TPSA) is 9.23 Å². The first-order chi connectivity index (χ1) is 8.11. The van der Waals surface area contributed by atoms with Gasteiger partial charge in [0, 0.05) is 16.5 Å². The number of ether oxygens (including phenoxy) is 1. The summed E-state index contributed by atoms with van der Waals surface area (Å²) in [5.74, 6) is 1.13. The summed E-state index contributed by atoms with van der Waals surface area (Å²) in [6, 6.07) is 3.25. The van der Waals surface area contributed by atoms with E-state index < -0.39 is 0 Å². The molecule has 1 unspecified atom stereocenters. The molecule has 2 rings (SSSR count). The van der Waals surface area contributed by atoms with Crippen molar-refractivity contribution in [2.45, 2.75) is 30.5 Å². The van der Waals surface area contributed by atoms with Crippen molar-refractivity contribution in [3.63, 3.8) is 0 Å². The lowest BCUT2D eigenvalue weighted by atomic mass is 9.81. The summed E-state index contributed by atoms with van der Waals surface area (Å²) in [5, 5.41) is 0. The molecular weight excluding hydrogens is 351 g/mol. The van der Waals surface area contributed by atoms with Gasteiger partial charge < -0.3 is 4.74 Å². The lowest BCUT2D eigenvalue weighted by molar-refractivity contribution is 0.294. The molecule has 0 radical (unpaired) electrons. The first kappa shape index (κ1) is 13.3. The van der Waals surface area contributed by atoms with Gasteiger partial charge in [0.05, 0.1) is 11.6 Å². The fourth-order valence-corrected chi connectivity index (χ4v) is 3.36. The van der Waals surface area contributed by atoms with Gasteiger partial charge >= 0.3 is 0 Å². The third-order valence-electron chi connectivity index (χ3n) is 3.38. The van der Waals surface area contributed by atoms with Crippen LogP contribution in [0.15, 0.2) is 16.6 Å². The smallest absolute Gasteiger partial charge is 0.141 e. The van der Waals surface area contributed by atoms with Gasteiger partial charge in [-0.3, -0.25) is 0 Å². The van der Waals surface area contributed by atoms with Crippen LogP contribution in [0.25, 0.3) is 0 Å². The molecule has 1 saturated carbocycles. The maximum absolute atomic E-state index is 13.4. The maximum atomic E-state index is 13.4. The Morgan fingerprint density at radius 2 is 2.18 bits per heavy atom. The van der Waals surface area contributed by atoms with Crippen LogP contribution in [0.1, 0.15) is 36.1 Å². The largest absolute Gasteiger partial charge is 0.496 e. The molecule has 1 aliphatic carbocycles. The van der Waals surface area contributed by atoms with Crippen molar-refractivity contribution < 1.29 is 9.13 Å². The van der Waals surface area contributed by atoms with Crippen molar-refractivity contribution in [2.75, 3.05) is 7.11 Å². The van der Waals surface area contributed by atoms with Crippen LogP contribution in [0.5, 0.6) is 5.75 Å². The molecule has 0 aromatic heterocycles. The van der Waals surface area contributed by atoms with E-state index in [4.69, 9.17) is 4.74 Å². The van der Waals surface area contributed by atoms with Crippen molar-refractivity contribution in [1.82, 2.24) is 0 Å². The molecule has 0 bridgehead atoms. The minimum atomic E-state index is -0.283. The quantitative estimate of drug-likeness (QED) is 0.664. The normalized spacial score (nSPS) is 17.6. The van der Waals surface area contributed by atoms with Gasteiger partial charge in [0.1, 0.15) is 11.6 Å². The Kier molecular flexibility index (Phi) is 4.47. The van der Waals surface area contributed by atoms with E-state index in [0.29, 0.717) is 10.2 Å². The van der Waals surface area contributed by atoms with Crippen LogP contribution in [0.3, 0.4) is 0 Å². The second-order valence-corrected chi connectivity index (χ2v) is 6.47. The van der Waals surface area contributed by atoms with E-state index in [0.717, 1.165) is 17.9 Å². The SMILES string of the molecule is COc1cc(F)c(Br)cc1C(Br)CC1CCC1. The molecule has 4 heteroatoms. The van der Waals surface area contributed by atoms with E-state index in [1.54, 1.807) is 7.11 Å². The van der Waals surface area contributed by atoms with Gasteiger partial charge in [-0.05, 0) is 34.3 Å². The van der Waals surface area contributed by atoms with Crippen LogP contribution in [-0.4, -0.2) is 7.11 Å². The van der Waals surface area contributed by atoms with Crippen LogP contribution in [0.2, 0.25) is 0 Å². The van der Waals surface area contributed by atoms with E-state index in [1.807, 2.05) is 6.07 Å². The third-order valence-corrected chi connectivity index (χ3v) is 4.85. The Hall–Kier alpha value is -0.0900. The van der Waals surface area contributed by atoms with Crippen LogP contribution in [0, 0.1) is 11.7 Å². The first-order valence-electron chi connectivity index (χ1n) is 5.78. The molecule has 94 valence electrons. The molecule has 0 saturated heterocycles. The number of halogens is 3. The van der Waals surface area contributed by atoms with Gasteiger partial charge in [-0.15, -0.1) is 0 Å². The second kappa shape index (κ2) is 5.70. The average molecular weight is 366 g/mol. The fraction of sp³-hybridized carbons (Fsp3) is 0.538. The highest BCUT2D eigenvalue weighted by Gasteiger charge is 2.24. The van der Waals surface area contributed by atoms with Crippen LogP contribution >= 0.6 is 31.9 Å². The lowest BCUT2D eigenvalue weighted by Crippen LogP contribution is -2.13. The molecule has 0 N–H and O–H groups in total. The van der Waals surface area contributed by atoms with Crippen molar-refractivity contribution in [2.24, 2.45) is 5.92 Å². The van der Waals surface area contributed by atoms with Crippen LogP contribution in [-0.2, 0) is 0 Å². The molecule has 1 atom stereocenters. The van der Waals surface area contributed by atoms with Crippen LogP contribution in [0.4, 0.5) is 4.39 Å². The van der Waals surface area contributed by atoms with E-state index in [9.17, 15) is 4.39 Å². The summed E-state index contributed by atoms with van der Waals surface area (Å²) in [7, 11) is 1.58. The van der Waals surface area contributed by atoms with E-state index in [2.05, 4.69) is 31.9 Å². The summed E-state index contributed by atoms with van der Waals surface area (Å²) in [5.41, 5.74) is 1.02. The van der Waals surface area contributed by atoms with Gasteiger partial charge in [-0.25, -0.2) is 4.39 Å². The highest BCUT2D eigenvalue weighted by Crippen LogP contribution is 2.42. The van der Waals surface area contributed by atoms with E-state index in [1.165, 1.54) is 25.3 Å². The summed E-state index contributed by atoms with van der Waals surface area (Å²) >= 11 is 6.91. The summed E-state index contributed by atoms with van der Waals surface area (Å²) in [4.78, 5) is 0.236. The molecular formula is C13H15Br2FO. The molecule has 17 heavy (non-hydrogen) atoms. The number of rotatable bonds is 4. The number of hydrogen-bond donors (Lipinski definition) is 0. The molecule has 0 spiro atoms. The van der Waals surface area contributed by atoms with Gasteiger partial charge in [-0.1, -0.05) is 35.2 Å². The number of alkyl halides is 1. The second-order valence-electron chi connectivity index (χ2n) is 4.51. The zero-order chi connectivity index (χ0) is 12.4. The van der Waals surface area contributed by atoms with Gasteiger partial charge in [-0.2, -0.15) is 0 Å². The Bertz CT molecular complexity index is 405. The summed E-state index contributed by atoms with van der Waals surface area (Å²) < 4.78 is 19.1. The highest BCUT2D eigenvalue weighted by atomic mass is 79.9. The van der Waals surface area contributed by atoms with Crippen molar-refractivity contribution in [1.29, 1.82) is 0 Å². The average Bonchev–Trinajstić information content (AvgIpc) is 2.26. The Labute approximate surface area is 118 Å². The molecule has 0 aliphatic heterocycles. The van der Waals surface area contributed by atoms with E-state index >= 15 is 0 Å². The zero-order valence-corrected chi connectivity index (χ0v) is 12.9. The Morgan fingerprint density at radius 3 is 2.71 bits per heavy atom. The van der Waals surface area contributed by atoms with Crippen molar-refractivity contribution in [3.8, 4) is 5.75 Å². The van der Waals surface area contributed by atoms with Gasteiger partial charge in [0.2, 0.25) is 0 Å². The van der Waals surface area contributed by atoms with Gasteiger partial charge in [0.15, 0.2) is 0 Å². The molecule has 0 amide bonds. The molecule has 1 aliphatic rings. The molecule has 1 fully saturated rings. The predicted molar refractivity (Wildman–Crippen MR) is 74.3 cm³/mol. The minimum absolute atomic E-state index is 0.236. The monoisotopic (exact) mass is 364 g/mol. The molecule has 0 heterocycles. The highest BCUT2D eigenvalue weighted by molar-refractivity contribution is 9.10. The summed E-state index contributed by atoms with van der Waals surface area (Å²) in [6.07, 6.45) is 5.06. The Balaban J connectivity index is 2.19. The van der Waals surface area contributed by atoms with Crippen LogP contribution < -0.4 is 4.74 Å². The van der Waals surface area contributed by atoms with Crippen molar-refractivity contribution >= 4 is 31.9 Å². The minimum Gasteiger partial charge on any atom is -0.496 e. The number of benzene rings is 1. The molecule has 1 aromatic rings. The van der Waals surface area contributed by atoms with E-state index in [-0.39, 0.29) is 10.6 Å². The number of hydrogen-bond acceptors (Lipinski definition) is 1.